The third kappa shape index (κ3) is 5.66. The Morgan fingerprint density at radius 3 is 2.70 bits per heavy atom. The number of hydrogen-bond acceptors (Lipinski definition) is 4. The van der Waals surface area contributed by atoms with Crippen LogP contribution in [0.2, 0.25) is 5.02 Å². The molecule has 0 unspecified atom stereocenters. The molecule has 7 heteroatoms. The van der Waals surface area contributed by atoms with E-state index in [2.05, 4.69) is 18.6 Å². The van der Waals surface area contributed by atoms with Gasteiger partial charge in [0.05, 0.1) is 15.6 Å². The lowest BCUT2D eigenvalue weighted by Gasteiger charge is -2.09. The zero-order valence-electron chi connectivity index (χ0n) is 11.7. The average Bonchev–Trinajstić information content (AvgIpc) is 2.36. The lowest BCUT2D eigenvalue weighted by atomic mass is 10.2. The van der Waals surface area contributed by atoms with Gasteiger partial charge in [0.15, 0.2) is 0 Å². The van der Waals surface area contributed by atoms with E-state index >= 15 is 0 Å². The Labute approximate surface area is 125 Å². The summed E-state index contributed by atoms with van der Waals surface area (Å²) in [5.74, 6) is 0.476. The molecule has 1 aromatic carbocycles. The Morgan fingerprint density at radius 2 is 2.10 bits per heavy atom. The number of ether oxygens (including phenoxy) is 1. The minimum Gasteiger partial charge on any atom is -0.398 e. The minimum atomic E-state index is -3.55. The van der Waals surface area contributed by atoms with Crippen LogP contribution < -0.4 is 10.5 Å². The molecule has 0 saturated heterocycles. The largest absolute Gasteiger partial charge is 0.398 e. The predicted molar refractivity (Wildman–Crippen MR) is 81.3 cm³/mol. The summed E-state index contributed by atoms with van der Waals surface area (Å²) < 4.78 is 31.9. The lowest BCUT2D eigenvalue weighted by Crippen LogP contribution is -2.25. The summed E-state index contributed by atoms with van der Waals surface area (Å²) in [5.41, 5.74) is 5.90. The topological polar surface area (TPSA) is 81.4 Å². The summed E-state index contributed by atoms with van der Waals surface area (Å²) in [5, 5.41) is 0.230. The van der Waals surface area contributed by atoms with Crippen molar-refractivity contribution in [2.75, 3.05) is 25.5 Å². The van der Waals surface area contributed by atoms with Crippen molar-refractivity contribution >= 4 is 27.3 Å². The molecule has 0 fully saturated rings. The molecule has 20 heavy (non-hydrogen) atoms. The van der Waals surface area contributed by atoms with E-state index in [1.807, 2.05) is 0 Å². The molecule has 5 nitrogen and oxygen atoms in total. The van der Waals surface area contributed by atoms with Crippen molar-refractivity contribution < 1.29 is 13.2 Å². The number of nitrogens with one attached hydrogen (secondary N) is 1. The quantitative estimate of drug-likeness (QED) is 0.568. The summed E-state index contributed by atoms with van der Waals surface area (Å²) in [6.45, 7) is 5.66. The normalized spacial score (nSPS) is 12.0. The van der Waals surface area contributed by atoms with Gasteiger partial charge in [-0.1, -0.05) is 25.4 Å². The highest BCUT2D eigenvalue weighted by molar-refractivity contribution is 7.89. The Balaban J connectivity index is 2.43. The third-order valence-corrected chi connectivity index (χ3v) is 4.28. The first-order valence-electron chi connectivity index (χ1n) is 6.45. The van der Waals surface area contributed by atoms with Crippen molar-refractivity contribution in [2.24, 2.45) is 5.92 Å². The van der Waals surface area contributed by atoms with Crippen LogP contribution in [-0.4, -0.2) is 28.2 Å². The fourth-order valence-electron chi connectivity index (χ4n) is 1.46. The molecule has 0 spiro atoms. The molecule has 0 saturated carbocycles. The van der Waals surface area contributed by atoms with E-state index in [1.165, 1.54) is 18.2 Å². The van der Waals surface area contributed by atoms with Crippen LogP contribution in [0.3, 0.4) is 0 Å². The zero-order chi connectivity index (χ0) is 15.2. The molecule has 0 bridgehead atoms. The third-order valence-electron chi connectivity index (χ3n) is 2.49. The Bertz CT molecular complexity index is 532. The Kier molecular flexibility index (Phi) is 6.75. The van der Waals surface area contributed by atoms with Crippen LogP contribution in [-0.2, 0) is 14.8 Å². The van der Waals surface area contributed by atoms with Gasteiger partial charge in [-0.15, -0.1) is 0 Å². The molecule has 0 aliphatic carbocycles. The Morgan fingerprint density at radius 1 is 1.40 bits per heavy atom. The molecule has 3 N–H and O–H groups in total. The van der Waals surface area contributed by atoms with Crippen LogP contribution in [0.25, 0.3) is 0 Å². The van der Waals surface area contributed by atoms with E-state index < -0.39 is 10.0 Å². The fraction of sp³-hybridized carbons (Fsp3) is 0.538. The Hall–Kier alpha value is -0.820. The molecular weight excluding hydrogens is 300 g/mol. The number of sulfonamides is 1. The number of benzene rings is 1. The SMILES string of the molecule is CC(C)COCCCNS(=O)(=O)c1ccc(N)c(Cl)c1. The van der Waals surface area contributed by atoms with Crippen LogP contribution in [0.4, 0.5) is 5.69 Å². The van der Waals surface area contributed by atoms with E-state index in [4.69, 9.17) is 22.1 Å². The number of hydrogen-bond donors (Lipinski definition) is 2. The summed E-state index contributed by atoms with van der Waals surface area (Å²) in [7, 11) is -3.55. The molecule has 0 aromatic heterocycles. The molecule has 1 rings (SSSR count). The van der Waals surface area contributed by atoms with Gasteiger partial charge in [-0.25, -0.2) is 13.1 Å². The number of nitrogen functional groups attached to an aromatic ring is 1. The zero-order valence-corrected chi connectivity index (χ0v) is 13.3. The molecule has 0 heterocycles. The highest BCUT2D eigenvalue weighted by atomic mass is 35.5. The van der Waals surface area contributed by atoms with Gasteiger partial charge in [-0.3, -0.25) is 0 Å². The molecule has 0 aliphatic heterocycles. The molecule has 114 valence electrons. The standard InChI is InChI=1S/C13H21ClN2O3S/c1-10(2)9-19-7-3-6-16-20(17,18)11-4-5-13(15)12(14)8-11/h4-5,8,10,16H,3,6-7,9,15H2,1-2H3. The molecular formula is C13H21ClN2O3S. The maximum Gasteiger partial charge on any atom is 0.240 e. The van der Waals surface area contributed by atoms with Gasteiger partial charge in [0, 0.05) is 19.8 Å². The second-order valence-corrected chi connectivity index (χ2v) is 7.08. The van der Waals surface area contributed by atoms with Crippen molar-refractivity contribution in [3.8, 4) is 0 Å². The van der Waals surface area contributed by atoms with Crippen molar-refractivity contribution in [3.05, 3.63) is 23.2 Å². The first-order chi connectivity index (χ1) is 9.33. The van der Waals surface area contributed by atoms with Gasteiger partial charge < -0.3 is 10.5 Å². The van der Waals surface area contributed by atoms with Gasteiger partial charge >= 0.3 is 0 Å². The molecule has 0 atom stereocenters. The number of rotatable bonds is 8. The van der Waals surface area contributed by atoms with E-state index in [-0.39, 0.29) is 9.92 Å². The van der Waals surface area contributed by atoms with Gasteiger partial charge in [0.25, 0.3) is 0 Å². The molecule has 0 radical (unpaired) electrons. The van der Waals surface area contributed by atoms with Crippen LogP contribution in [0.15, 0.2) is 23.1 Å². The smallest absolute Gasteiger partial charge is 0.240 e. The fourth-order valence-corrected chi connectivity index (χ4v) is 2.80. The van der Waals surface area contributed by atoms with E-state index in [9.17, 15) is 8.42 Å². The number of nitrogens with two attached hydrogens (primary N) is 1. The average molecular weight is 321 g/mol. The lowest BCUT2D eigenvalue weighted by molar-refractivity contribution is 0.108. The van der Waals surface area contributed by atoms with Crippen LogP contribution in [0.1, 0.15) is 20.3 Å². The van der Waals surface area contributed by atoms with E-state index in [0.717, 1.165) is 0 Å². The van der Waals surface area contributed by atoms with Crippen molar-refractivity contribution in [1.82, 2.24) is 4.72 Å². The van der Waals surface area contributed by atoms with Crippen molar-refractivity contribution in [3.63, 3.8) is 0 Å². The molecule has 0 aliphatic rings. The highest BCUT2D eigenvalue weighted by Gasteiger charge is 2.14. The second kappa shape index (κ2) is 7.83. The van der Waals surface area contributed by atoms with Gasteiger partial charge in [0.1, 0.15) is 0 Å². The first kappa shape index (κ1) is 17.2. The summed E-state index contributed by atoms with van der Waals surface area (Å²) >= 11 is 5.81. The summed E-state index contributed by atoms with van der Waals surface area (Å²) in [6.07, 6.45) is 0.620. The number of halogens is 1. The summed E-state index contributed by atoms with van der Waals surface area (Å²) in [6, 6.07) is 4.25. The minimum absolute atomic E-state index is 0.111. The van der Waals surface area contributed by atoms with Crippen LogP contribution in [0, 0.1) is 5.92 Å². The highest BCUT2D eigenvalue weighted by Crippen LogP contribution is 2.22. The van der Waals surface area contributed by atoms with Crippen molar-refractivity contribution in [2.45, 2.75) is 25.2 Å². The second-order valence-electron chi connectivity index (χ2n) is 4.90. The van der Waals surface area contributed by atoms with Gasteiger partial charge in [-0.05, 0) is 30.5 Å². The van der Waals surface area contributed by atoms with Crippen molar-refractivity contribution in [1.29, 1.82) is 0 Å². The van der Waals surface area contributed by atoms with Crippen LogP contribution >= 0.6 is 11.6 Å². The monoisotopic (exact) mass is 320 g/mol. The van der Waals surface area contributed by atoms with E-state index in [1.54, 1.807) is 0 Å². The van der Waals surface area contributed by atoms with E-state index in [0.29, 0.717) is 37.8 Å². The van der Waals surface area contributed by atoms with Gasteiger partial charge in [-0.2, -0.15) is 0 Å². The van der Waals surface area contributed by atoms with Crippen LogP contribution in [0.5, 0.6) is 0 Å². The number of anilines is 1. The molecule has 1 aromatic rings. The first-order valence-corrected chi connectivity index (χ1v) is 8.31. The maximum atomic E-state index is 12.0. The predicted octanol–water partition coefficient (Wildman–Crippen LogP) is 2.26. The van der Waals surface area contributed by atoms with Gasteiger partial charge in [0.2, 0.25) is 10.0 Å². The summed E-state index contributed by atoms with van der Waals surface area (Å²) in [4.78, 5) is 0.111. The maximum absolute atomic E-state index is 12.0. The molecule has 0 amide bonds.